The summed E-state index contributed by atoms with van der Waals surface area (Å²) in [5, 5.41) is 20.1. The van der Waals surface area contributed by atoms with Crippen LogP contribution in [0.4, 0.5) is 0 Å². The van der Waals surface area contributed by atoms with Crippen molar-refractivity contribution in [2.45, 2.75) is 13.2 Å². The van der Waals surface area contributed by atoms with E-state index in [1.807, 2.05) is 48.5 Å². The van der Waals surface area contributed by atoms with Crippen molar-refractivity contribution in [3.63, 3.8) is 0 Å². The van der Waals surface area contributed by atoms with Crippen LogP contribution in [-0.2, 0) is 13.2 Å². The molecular weight excluding hydrogens is 368 g/mol. The van der Waals surface area contributed by atoms with E-state index in [-0.39, 0.29) is 13.2 Å². The van der Waals surface area contributed by atoms with Crippen LogP contribution in [0.15, 0.2) is 91.0 Å². The molecule has 0 aliphatic carbocycles. The van der Waals surface area contributed by atoms with Crippen LogP contribution in [0.1, 0.15) is 16.7 Å². The van der Waals surface area contributed by atoms with Crippen molar-refractivity contribution in [2.24, 2.45) is 0 Å². The summed E-state index contributed by atoms with van der Waals surface area (Å²) >= 11 is 0. The molecule has 0 fully saturated rings. The van der Waals surface area contributed by atoms with Gasteiger partial charge in [-0.05, 0) is 74.8 Å². The third-order valence-electron chi connectivity index (χ3n) is 5.24. The zero-order valence-electron chi connectivity index (χ0n) is 16.5. The van der Waals surface area contributed by atoms with E-state index in [4.69, 9.17) is 6.42 Å². The minimum atomic E-state index is -0.159. The number of rotatable bonds is 5. The number of hydrogen-bond acceptors (Lipinski definition) is 2. The van der Waals surface area contributed by atoms with Crippen LogP contribution in [0.5, 0.6) is 0 Å². The van der Waals surface area contributed by atoms with Crippen LogP contribution in [0, 0.1) is 12.3 Å². The summed E-state index contributed by atoms with van der Waals surface area (Å²) in [6.45, 7) is -0.317. The van der Waals surface area contributed by atoms with Crippen molar-refractivity contribution in [1.82, 2.24) is 0 Å². The molecule has 0 heterocycles. The normalized spacial score (nSPS) is 10.6. The highest BCUT2D eigenvalue weighted by atomic mass is 16.3. The molecule has 4 aromatic rings. The van der Waals surface area contributed by atoms with E-state index >= 15 is 0 Å². The molecule has 0 radical (unpaired) electrons. The van der Waals surface area contributed by atoms with Crippen LogP contribution in [0.25, 0.3) is 33.4 Å². The lowest BCUT2D eigenvalue weighted by Crippen LogP contribution is -1.99. The molecule has 0 aromatic heterocycles. The third kappa shape index (κ3) is 3.90. The van der Waals surface area contributed by atoms with Crippen molar-refractivity contribution < 1.29 is 10.2 Å². The molecule has 0 bridgehead atoms. The van der Waals surface area contributed by atoms with Crippen molar-refractivity contribution in [3.05, 3.63) is 108 Å². The van der Waals surface area contributed by atoms with Gasteiger partial charge in [-0.3, -0.25) is 0 Å². The molecule has 0 aliphatic heterocycles. The van der Waals surface area contributed by atoms with Crippen LogP contribution in [-0.4, -0.2) is 10.2 Å². The van der Waals surface area contributed by atoms with Gasteiger partial charge in [0.1, 0.15) is 0 Å². The maximum Gasteiger partial charge on any atom is 0.0688 e. The van der Waals surface area contributed by atoms with Crippen LogP contribution >= 0.6 is 0 Å². The van der Waals surface area contributed by atoms with E-state index in [1.54, 1.807) is 0 Å². The summed E-state index contributed by atoms with van der Waals surface area (Å²) in [4.78, 5) is 0. The number of hydrogen-bond donors (Lipinski definition) is 2. The maximum atomic E-state index is 10.0. The monoisotopic (exact) mass is 390 g/mol. The number of terminal acetylenes is 1. The second-order valence-electron chi connectivity index (χ2n) is 7.16. The largest absolute Gasteiger partial charge is 0.392 e. The highest BCUT2D eigenvalue weighted by molar-refractivity contribution is 5.83. The second-order valence-corrected chi connectivity index (χ2v) is 7.16. The minimum Gasteiger partial charge on any atom is -0.392 e. The zero-order valence-corrected chi connectivity index (χ0v) is 16.5. The Hall–Kier alpha value is -3.64. The van der Waals surface area contributed by atoms with Crippen LogP contribution in [0.3, 0.4) is 0 Å². The van der Waals surface area contributed by atoms with Gasteiger partial charge in [0.2, 0.25) is 0 Å². The first kappa shape index (κ1) is 19.7. The lowest BCUT2D eigenvalue weighted by molar-refractivity contribution is 0.276. The minimum absolute atomic E-state index is 0.159. The fraction of sp³-hybridized carbons (Fsp3) is 0.0714. The van der Waals surface area contributed by atoms with E-state index in [9.17, 15) is 10.2 Å². The van der Waals surface area contributed by atoms with Gasteiger partial charge in [-0.15, -0.1) is 6.42 Å². The molecule has 30 heavy (non-hydrogen) atoms. The smallest absolute Gasteiger partial charge is 0.0688 e. The average molecular weight is 390 g/mol. The van der Waals surface area contributed by atoms with E-state index in [1.165, 1.54) is 0 Å². The molecule has 4 aromatic carbocycles. The number of aliphatic hydroxyl groups excluding tert-OH is 2. The van der Waals surface area contributed by atoms with Crippen LogP contribution < -0.4 is 0 Å². The molecule has 0 atom stereocenters. The van der Waals surface area contributed by atoms with Gasteiger partial charge in [0.15, 0.2) is 0 Å². The third-order valence-corrected chi connectivity index (χ3v) is 5.24. The molecular formula is C28H22O2. The van der Waals surface area contributed by atoms with E-state index in [0.29, 0.717) is 16.7 Å². The Morgan fingerprint density at radius 1 is 0.567 bits per heavy atom. The highest BCUT2D eigenvalue weighted by Crippen LogP contribution is 2.36. The molecule has 146 valence electrons. The summed E-state index contributed by atoms with van der Waals surface area (Å²) in [6, 6.07) is 30.4. The van der Waals surface area contributed by atoms with Gasteiger partial charge in [-0.2, -0.15) is 0 Å². The average Bonchev–Trinajstić information content (AvgIpc) is 2.83. The predicted molar refractivity (Wildman–Crippen MR) is 123 cm³/mol. The van der Waals surface area contributed by atoms with Crippen LogP contribution in [0.2, 0.25) is 0 Å². The number of aliphatic hydroxyl groups is 2. The highest BCUT2D eigenvalue weighted by Gasteiger charge is 2.15. The first-order valence-corrected chi connectivity index (χ1v) is 9.84. The summed E-state index contributed by atoms with van der Waals surface area (Å²) in [7, 11) is 0. The van der Waals surface area contributed by atoms with E-state index in [2.05, 4.69) is 48.4 Å². The molecule has 0 saturated carbocycles. The Morgan fingerprint density at radius 3 is 1.40 bits per heavy atom. The fourth-order valence-corrected chi connectivity index (χ4v) is 3.84. The summed E-state index contributed by atoms with van der Waals surface area (Å²) in [6.07, 6.45) is 5.57. The Bertz CT molecular complexity index is 1120. The quantitative estimate of drug-likeness (QED) is 0.432. The van der Waals surface area contributed by atoms with Gasteiger partial charge in [-0.1, -0.05) is 66.6 Å². The Balaban J connectivity index is 2.00. The SMILES string of the molecule is C#Cc1cc(CO)c(-c2cc(-c3ccccc3)cc(-c3ccccc3)c2)c(CO)c1. The first-order chi connectivity index (χ1) is 14.7. The van der Waals surface area contributed by atoms with Crippen molar-refractivity contribution >= 4 is 0 Å². The van der Waals surface area contributed by atoms with Gasteiger partial charge in [0.25, 0.3) is 0 Å². The van der Waals surface area contributed by atoms with E-state index < -0.39 is 0 Å². The molecule has 2 heteroatoms. The molecule has 0 amide bonds. The van der Waals surface area contributed by atoms with Gasteiger partial charge in [0, 0.05) is 5.56 Å². The molecule has 0 aliphatic rings. The summed E-state index contributed by atoms with van der Waals surface area (Å²) in [5.41, 5.74) is 8.18. The predicted octanol–water partition coefficient (Wildman–Crippen LogP) is 5.65. The topological polar surface area (TPSA) is 40.5 Å². The van der Waals surface area contributed by atoms with Gasteiger partial charge < -0.3 is 10.2 Å². The molecule has 0 saturated heterocycles. The Morgan fingerprint density at radius 2 is 1.00 bits per heavy atom. The summed E-state index contributed by atoms with van der Waals surface area (Å²) in [5.74, 6) is 2.61. The lowest BCUT2D eigenvalue weighted by Gasteiger charge is -2.17. The van der Waals surface area contributed by atoms with Crippen molar-refractivity contribution in [2.75, 3.05) is 0 Å². The maximum absolute atomic E-state index is 10.0. The molecule has 4 rings (SSSR count). The van der Waals surface area contributed by atoms with Gasteiger partial charge in [0.05, 0.1) is 13.2 Å². The standard InChI is InChI=1S/C28H22O2/c1-2-20-13-26(18-29)28(27(14-20)19-30)25-16-23(21-9-5-3-6-10-21)15-24(17-25)22-11-7-4-8-12-22/h1,3-17,29-30H,18-19H2. The molecule has 0 unspecified atom stereocenters. The Kier molecular flexibility index (Phi) is 5.77. The molecule has 2 nitrogen and oxygen atoms in total. The van der Waals surface area contributed by atoms with Crippen molar-refractivity contribution in [1.29, 1.82) is 0 Å². The lowest BCUT2D eigenvalue weighted by atomic mass is 9.88. The summed E-state index contributed by atoms with van der Waals surface area (Å²) < 4.78 is 0. The molecule has 2 N–H and O–H groups in total. The van der Waals surface area contributed by atoms with Gasteiger partial charge >= 0.3 is 0 Å². The van der Waals surface area contributed by atoms with Gasteiger partial charge in [-0.25, -0.2) is 0 Å². The first-order valence-electron chi connectivity index (χ1n) is 9.84. The second kappa shape index (κ2) is 8.80. The van der Waals surface area contributed by atoms with E-state index in [0.717, 1.165) is 33.4 Å². The zero-order chi connectivity index (χ0) is 20.9. The Labute approximate surface area is 177 Å². The fourth-order valence-electron chi connectivity index (χ4n) is 3.84. The molecule has 0 spiro atoms. The number of benzene rings is 4. The van der Waals surface area contributed by atoms with Crippen molar-refractivity contribution in [3.8, 4) is 45.7 Å².